The van der Waals surface area contributed by atoms with Crippen LogP contribution in [0.3, 0.4) is 0 Å². The van der Waals surface area contributed by atoms with Gasteiger partial charge in [-0.3, -0.25) is 4.79 Å². The van der Waals surface area contributed by atoms with Gasteiger partial charge in [-0.15, -0.1) is 0 Å². The zero-order chi connectivity index (χ0) is 11.3. The molecule has 0 aliphatic carbocycles. The van der Waals surface area contributed by atoms with Crippen LogP contribution in [0.5, 0.6) is 0 Å². The number of nitrogens with one attached hydrogen (secondary N) is 2. The normalized spacial score (nSPS) is 10.7. The fourth-order valence-electron chi connectivity index (χ4n) is 1.12. The molecule has 0 bridgehead atoms. The number of ether oxygens (including phenoxy) is 1. The van der Waals surface area contributed by atoms with Gasteiger partial charge in [0.05, 0.1) is 6.61 Å². The summed E-state index contributed by atoms with van der Waals surface area (Å²) < 4.78 is 4.90. The Morgan fingerprint density at radius 3 is 2.93 bits per heavy atom. The molecule has 0 atom stereocenters. The summed E-state index contributed by atoms with van der Waals surface area (Å²) in [7, 11) is 1.63. The molecule has 0 unspecified atom stereocenters. The van der Waals surface area contributed by atoms with E-state index in [1.165, 1.54) is 6.07 Å². The van der Waals surface area contributed by atoms with Crippen molar-refractivity contribution < 1.29 is 4.74 Å². The second kappa shape index (κ2) is 5.50. The summed E-state index contributed by atoms with van der Waals surface area (Å²) in [6, 6.07) is 1.45. The smallest absolute Gasteiger partial charge is 0.252 e. The van der Waals surface area contributed by atoms with Crippen molar-refractivity contribution in [3.63, 3.8) is 0 Å². The van der Waals surface area contributed by atoms with Gasteiger partial charge in [0.2, 0.25) is 0 Å². The number of hydrogen-bond donors (Lipinski definition) is 2. The quantitative estimate of drug-likeness (QED) is 0.712. The third-order valence-electron chi connectivity index (χ3n) is 1.92. The molecule has 0 fully saturated rings. The van der Waals surface area contributed by atoms with E-state index < -0.39 is 0 Å². The van der Waals surface area contributed by atoms with E-state index in [4.69, 9.17) is 4.74 Å². The summed E-state index contributed by atoms with van der Waals surface area (Å²) in [6.45, 7) is 5.20. The summed E-state index contributed by atoms with van der Waals surface area (Å²) in [4.78, 5) is 18.3. The predicted molar refractivity (Wildman–Crippen MR) is 59.3 cm³/mol. The third kappa shape index (κ3) is 3.71. The van der Waals surface area contributed by atoms with Crippen LogP contribution in [-0.4, -0.2) is 30.2 Å². The van der Waals surface area contributed by atoms with Crippen molar-refractivity contribution in [2.75, 3.05) is 25.6 Å². The first-order valence-corrected chi connectivity index (χ1v) is 4.97. The van der Waals surface area contributed by atoms with E-state index in [-0.39, 0.29) is 11.5 Å². The van der Waals surface area contributed by atoms with Crippen LogP contribution in [0, 0.1) is 0 Å². The van der Waals surface area contributed by atoms with Crippen LogP contribution in [-0.2, 0) is 4.74 Å². The van der Waals surface area contributed by atoms with E-state index in [0.717, 1.165) is 0 Å². The molecule has 0 spiro atoms. The fraction of sp³-hybridized carbons (Fsp3) is 0.600. The minimum absolute atomic E-state index is 0.131. The molecule has 0 aliphatic rings. The first kappa shape index (κ1) is 11.7. The molecule has 0 saturated carbocycles. The Kier molecular flexibility index (Phi) is 4.30. The number of H-pyrrole nitrogens is 1. The first-order chi connectivity index (χ1) is 7.13. The highest BCUT2D eigenvalue weighted by atomic mass is 16.5. The number of hydrogen-bond acceptors (Lipinski definition) is 4. The van der Waals surface area contributed by atoms with E-state index in [2.05, 4.69) is 15.3 Å². The van der Waals surface area contributed by atoms with Gasteiger partial charge in [0.25, 0.3) is 5.56 Å². The molecule has 1 heterocycles. The Labute approximate surface area is 88.9 Å². The predicted octanol–water partition coefficient (Wildman–Crippen LogP) is 0.952. The van der Waals surface area contributed by atoms with Gasteiger partial charge < -0.3 is 15.0 Å². The maximum Gasteiger partial charge on any atom is 0.252 e. The highest BCUT2D eigenvalue weighted by Gasteiger charge is 2.04. The Hall–Kier alpha value is -1.36. The zero-order valence-corrected chi connectivity index (χ0v) is 9.33. The number of rotatable bonds is 5. The second-order valence-electron chi connectivity index (χ2n) is 3.59. The highest BCUT2D eigenvalue weighted by molar-refractivity contribution is 5.33. The molecule has 2 N–H and O–H groups in total. The van der Waals surface area contributed by atoms with Crippen LogP contribution in [0.15, 0.2) is 10.9 Å². The van der Waals surface area contributed by atoms with Crippen LogP contribution < -0.4 is 10.9 Å². The molecule has 5 nitrogen and oxygen atoms in total. The summed E-state index contributed by atoms with van der Waals surface area (Å²) >= 11 is 0. The second-order valence-corrected chi connectivity index (χ2v) is 3.59. The minimum Gasteiger partial charge on any atom is -0.383 e. The lowest BCUT2D eigenvalue weighted by Crippen LogP contribution is -2.16. The Morgan fingerprint density at radius 1 is 1.60 bits per heavy atom. The maximum atomic E-state index is 11.3. The SMILES string of the molecule is COCCNc1cc(=O)[nH]c(C(C)C)n1. The average molecular weight is 211 g/mol. The number of nitrogens with zero attached hydrogens (tertiary/aromatic N) is 1. The Balaban J connectivity index is 2.75. The van der Waals surface area contributed by atoms with E-state index in [1.807, 2.05) is 13.8 Å². The van der Waals surface area contributed by atoms with Gasteiger partial charge in [0.15, 0.2) is 0 Å². The summed E-state index contributed by atoms with van der Waals surface area (Å²) in [5.41, 5.74) is -0.131. The van der Waals surface area contributed by atoms with E-state index in [0.29, 0.717) is 24.8 Å². The number of aromatic nitrogens is 2. The molecule has 1 aromatic rings. The summed E-state index contributed by atoms with van der Waals surface area (Å²) in [5, 5.41) is 3.03. The van der Waals surface area contributed by atoms with Crippen molar-refractivity contribution in [1.29, 1.82) is 0 Å². The lowest BCUT2D eigenvalue weighted by atomic mass is 10.2. The maximum absolute atomic E-state index is 11.3. The topological polar surface area (TPSA) is 67.0 Å². The van der Waals surface area contributed by atoms with E-state index in [9.17, 15) is 4.79 Å². The molecule has 15 heavy (non-hydrogen) atoms. The molecule has 1 aromatic heterocycles. The summed E-state index contributed by atoms with van der Waals surface area (Å²) in [6.07, 6.45) is 0. The molecule has 1 rings (SSSR count). The molecule has 0 saturated heterocycles. The average Bonchev–Trinajstić information content (AvgIpc) is 2.17. The van der Waals surface area contributed by atoms with Gasteiger partial charge in [0, 0.05) is 25.6 Å². The van der Waals surface area contributed by atoms with Crippen molar-refractivity contribution in [2.45, 2.75) is 19.8 Å². The molecule has 84 valence electrons. The van der Waals surface area contributed by atoms with Crippen LogP contribution >= 0.6 is 0 Å². The molecule has 0 aliphatic heterocycles. The molecular weight excluding hydrogens is 194 g/mol. The Morgan fingerprint density at radius 2 is 2.33 bits per heavy atom. The molecule has 0 radical (unpaired) electrons. The van der Waals surface area contributed by atoms with Crippen molar-refractivity contribution in [3.8, 4) is 0 Å². The lowest BCUT2D eigenvalue weighted by molar-refractivity contribution is 0.210. The highest BCUT2D eigenvalue weighted by Crippen LogP contribution is 2.08. The number of anilines is 1. The van der Waals surface area contributed by atoms with Gasteiger partial charge in [-0.1, -0.05) is 13.8 Å². The van der Waals surface area contributed by atoms with Crippen LogP contribution in [0.1, 0.15) is 25.6 Å². The van der Waals surface area contributed by atoms with Crippen LogP contribution in [0.25, 0.3) is 0 Å². The molecule has 0 aromatic carbocycles. The zero-order valence-electron chi connectivity index (χ0n) is 9.33. The van der Waals surface area contributed by atoms with Gasteiger partial charge in [-0.2, -0.15) is 0 Å². The monoisotopic (exact) mass is 211 g/mol. The van der Waals surface area contributed by atoms with Gasteiger partial charge in [0.1, 0.15) is 11.6 Å². The van der Waals surface area contributed by atoms with Crippen molar-refractivity contribution in [1.82, 2.24) is 9.97 Å². The van der Waals surface area contributed by atoms with Crippen molar-refractivity contribution >= 4 is 5.82 Å². The third-order valence-corrected chi connectivity index (χ3v) is 1.92. The van der Waals surface area contributed by atoms with Gasteiger partial charge in [-0.25, -0.2) is 4.98 Å². The van der Waals surface area contributed by atoms with Gasteiger partial charge >= 0.3 is 0 Å². The molecular formula is C10H17N3O2. The number of aromatic amines is 1. The van der Waals surface area contributed by atoms with Crippen molar-refractivity contribution in [2.24, 2.45) is 0 Å². The minimum atomic E-state index is -0.131. The molecule has 5 heteroatoms. The number of methoxy groups -OCH3 is 1. The standard InChI is InChI=1S/C10H17N3O2/c1-7(2)10-12-8(6-9(14)13-10)11-4-5-15-3/h6-7H,4-5H2,1-3H3,(H2,11,12,13,14). The van der Waals surface area contributed by atoms with Gasteiger partial charge in [-0.05, 0) is 0 Å². The van der Waals surface area contributed by atoms with Crippen molar-refractivity contribution in [3.05, 3.63) is 22.2 Å². The van der Waals surface area contributed by atoms with Crippen LogP contribution in [0.4, 0.5) is 5.82 Å². The fourth-order valence-corrected chi connectivity index (χ4v) is 1.12. The largest absolute Gasteiger partial charge is 0.383 e. The van der Waals surface area contributed by atoms with E-state index in [1.54, 1.807) is 7.11 Å². The summed E-state index contributed by atoms with van der Waals surface area (Å²) in [5.74, 6) is 1.50. The van der Waals surface area contributed by atoms with Crippen LogP contribution in [0.2, 0.25) is 0 Å². The van der Waals surface area contributed by atoms with E-state index >= 15 is 0 Å². The molecule has 0 amide bonds. The first-order valence-electron chi connectivity index (χ1n) is 4.97. The Bertz CT molecular complexity index is 360. The lowest BCUT2D eigenvalue weighted by Gasteiger charge is -2.08.